The van der Waals surface area contributed by atoms with E-state index in [9.17, 15) is 14.4 Å². The molecule has 3 nitrogen and oxygen atoms in total. The quantitative estimate of drug-likeness (QED) is 0.583. The number of amides is 1. The molecular formula is C17H11BrClFN2O. The summed E-state index contributed by atoms with van der Waals surface area (Å²) in [5, 5.41) is 12.3. The molecule has 2 aromatic rings. The number of anilines is 1. The Labute approximate surface area is 146 Å². The van der Waals surface area contributed by atoms with E-state index < -0.39 is 11.7 Å². The first-order chi connectivity index (χ1) is 10.9. The van der Waals surface area contributed by atoms with Gasteiger partial charge in [-0.3, -0.25) is 4.79 Å². The number of nitriles is 1. The number of nitrogens with zero attached hydrogens (tertiary/aromatic N) is 1. The molecule has 0 aromatic heterocycles. The lowest BCUT2D eigenvalue weighted by molar-refractivity contribution is -0.112. The van der Waals surface area contributed by atoms with E-state index in [2.05, 4.69) is 21.2 Å². The second-order valence-electron chi connectivity index (χ2n) is 4.70. The van der Waals surface area contributed by atoms with Crippen molar-refractivity contribution in [3.05, 3.63) is 68.4 Å². The molecule has 0 fully saturated rings. The molecule has 116 valence electrons. The van der Waals surface area contributed by atoms with E-state index in [1.807, 2.05) is 0 Å². The van der Waals surface area contributed by atoms with Crippen LogP contribution in [0.15, 0.2) is 46.4 Å². The molecular weight excluding hydrogens is 383 g/mol. The maximum atomic E-state index is 13.7. The Morgan fingerprint density at radius 2 is 2.13 bits per heavy atom. The Kier molecular flexibility index (Phi) is 5.54. The van der Waals surface area contributed by atoms with Crippen LogP contribution in [0.3, 0.4) is 0 Å². The summed E-state index contributed by atoms with van der Waals surface area (Å²) in [5.74, 6) is -1.15. The van der Waals surface area contributed by atoms with Crippen molar-refractivity contribution in [3.8, 4) is 6.07 Å². The molecule has 0 heterocycles. The zero-order valence-corrected chi connectivity index (χ0v) is 14.4. The van der Waals surface area contributed by atoms with Gasteiger partial charge in [0.2, 0.25) is 0 Å². The molecule has 6 heteroatoms. The number of carbonyl (C=O) groups is 1. The van der Waals surface area contributed by atoms with Crippen molar-refractivity contribution in [2.45, 2.75) is 6.92 Å². The van der Waals surface area contributed by atoms with Crippen molar-refractivity contribution in [2.75, 3.05) is 5.32 Å². The molecule has 0 unspecified atom stereocenters. The summed E-state index contributed by atoms with van der Waals surface area (Å²) < 4.78 is 14.4. The highest BCUT2D eigenvalue weighted by Gasteiger charge is 2.13. The van der Waals surface area contributed by atoms with Gasteiger partial charge in [0.15, 0.2) is 0 Å². The van der Waals surface area contributed by atoms with E-state index in [-0.39, 0.29) is 11.1 Å². The Morgan fingerprint density at radius 1 is 1.39 bits per heavy atom. The average molecular weight is 394 g/mol. The summed E-state index contributed by atoms with van der Waals surface area (Å²) >= 11 is 9.22. The van der Waals surface area contributed by atoms with Crippen LogP contribution in [-0.2, 0) is 4.79 Å². The Balaban J connectivity index is 2.32. The Bertz CT molecular complexity index is 843. The van der Waals surface area contributed by atoms with Crippen molar-refractivity contribution in [1.82, 2.24) is 0 Å². The van der Waals surface area contributed by atoms with Gasteiger partial charge >= 0.3 is 0 Å². The van der Waals surface area contributed by atoms with Gasteiger partial charge in [0.25, 0.3) is 5.91 Å². The first kappa shape index (κ1) is 17.2. The minimum atomic E-state index is -0.628. The standard InChI is InChI=1S/C17H11BrClFN2O/c1-10-14(19)3-2-4-16(10)22-17(23)12(9-21)7-11-8-13(18)5-6-15(11)20/h2-8H,1H3,(H,22,23)/b12-7+. The lowest BCUT2D eigenvalue weighted by atomic mass is 10.1. The number of nitrogens with one attached hydrogen (secondary N) is 1. The third-order valence-corrected chi connectivity index (χ3v) is 4.04. The van der Waals surface area contributed by atoms with Gasteiger partial charge in [-0.25, -0.2) is 4.39 Å². The van der Waals surface area contributed by atoms with E-state index >= 15 is 0 Å². The summed E-state index contributed by atoms with van der Waals surface area (Å²) in [5.41, 5.74) is 1.13. The Morgan fingerprint density at radius 3 is 2.83 bits per heavy atom. The molecule has 2 aromatic carbocycles. The zero-order chi connectivity index (χ0) is 17.0. The molecule has 0 aliphatic heterocycles. The van der Waals surface area contributed by atoms with Gasteiger partial charge in [0.05, 0.1) is 0 Å². The lowest BCUT2D eigenvalue weighted by Gasteiger charge is -2.09. The van der Waals surface area contributed by atoms with Crippen molar-refractivity contribution >= 4 is 45.2 Å². The van der Waals surface area contributed by atoms with Crippen molar-refractivity contribution in [1.29, 1.82) is 5.26 Å². The highest BCUT2D eigenvalue weighted by molar-refractivity contribution is 9.10. The van der Waals surface area contributed by atoms with Crippen LogP contribution in [0.25, 0.3) is 6.08 Å². The molecule has 0 saturated carbocycles. The van der Waals surface area contributed by atoms with E-state index in [0.717, 1.165) is 0 Å². The largest absolute Gasteiger partial charge is 0.321 e. The third kappa shape index (κ3) is 4.19. The predicted molar refractivity (Wildman–Crippen MR) is 92.5 cm³/mol. The van der Waals surface area contributed by atoms with Gasteiger partial charge in [-0.15, -0.1) is 0 Å². The second-order valence-corrected chi connectivity index (χ2v) is 6.03. The number of benzene rings is 2. The molecule has 0 aliphatic rings. The van der Waals surface area contributed by atoms with Crippen LogP contribution in [0, 0.1) is 24.1 Å². The fourth-order valence-corrected chi connectivity index (χ4v) is 2.42. The third-order valence-electron chi connectivity index (χ3n) is 3.14. The van der Waals surface area contributed by atoms with Crippen LogP contribution in [0.4, 0.5) is 10.1 Å². The molecule has 1 amide bonds. The van der Waals surface area contributed by atoms with Gasteiger partial charge in [0.1, 0.15) is 17.5 Å². The smallest absolute Gasteiger partial charge is 0.266 e. The summed E-state index contributed by atoms with van der Waals surface area (Å²) in [4.78, 5) is 12.2. The number of halogens is 3. The maximum Gasteiger partial charge on any atom is 0.266 e. The van der Waals surface area contributed by atoms with Crippen molar-refractivity contribution < 1.29 is 9.18 Å². The highest BCUT2D eigenvalue weighted by Crippen LogP contribution is 2.24. The van der Waals surface area contributed by atoms with Gasteiger partial charge in [-0.05, 0) is 48.9 Å². The fourth-order valence-electron chi connectivity index (χ4n) is 1.86. The molecule has 0 spiro atoms. The fraction of sp³-hybridized carbons (Fsp3) is 0.0588. The van der Waals surface area contributed by atoms with Crippen molar-refractivity contribution in [3.63, 3.8) is 0 Å². The van der Waals surface area contributed by atoms with E-state index in [1.54, 1.807) is 31.2 Å². The molecule has 0 radical (unpaired) electrons. The van der Waals surface area contributed by atoms with E-state index in [4.69, 9.17) is 11.6 Å². The second kappa shape index (κ2) is 7.40. The minimum absolute atomic E-state index is 0.147. The topological polar surface area (TPSA) is 52.9 Å². The number of hydrogen-bond donors (Lipinski definition) is 1. The highest BCUT2D eigenvalue weighted by atomic mass is 79.9. The van der Waals surface area contributed by atoms with E-state index in [1.165, 1.54) is 24.3 Å². The zero-order valence-electron chi connectivity index (χ0n) is 12.0. The summed E-state index contributed by atoms with van der Waals surface area (Å²) in [7, 11) is 0. The van der Waals surface area contributed by atoms with Crippen LogP contribution in [-0.4, -0.2) is 5.91 Å². The first-order valence-corrected chi connectivity index (χ1v) is 7.73. The van der Waals surface area contributed by atoms with Crippen LogP contribution >= 0.6 is 27.5 Å². The molecule has 0 bridgehead atoms. The van der Waals surface area contributed by atoms with Gasteiger partial charge < -0.3 is 5.32 Å². The molecule has 2 rings (SSSR count). The van der Waals surface area contributed by atoms with Gasteiger partial charge in [-0.2, -0.15) is 5.26 Å². The molecule has 0 saturated heterocycles. The monoisotopic (exact) mass is 392 g/mol. The molecule has 0 aliphatic carbocycles. The lowest BCUT2D eigenvalue weighted by Crippen LogP contribution is -2.14. The van der Waals surface area contributed by atoms with Gasteiger partial charge in [0, 0.05) is 20.7 Å². The number of rotatable bonds is 3. The van der Waals surface area contributed by atoms with E-state index in [0.29, 0.717) is 20.7 Å². The van der Waals surface area contributed by atoms with Crippen LogP contribution in [0.5, 0.6) is 0 Å². The number of hydrogen-bond acceptors (Lipinski definition) is 2. The van der Waals surface area contributed by atoms with Gasteiger partial charge in [-0.1, -0.05) is 33.6 Å². The number of carbonyl (C=O) groups excluding carboxylic acids is 1. The maximum absolute atomic E-state index is 13.7. The van der Waals surface area contributed by atoms with Crippen molar-refractivity contribution in [2.24, 2.45) is 0 Å². The molecule has 23 heavy (non-hydrogen) atoms. The first-order valence-electron chi connectivity index (χ1n) is 6.55. The summed E-state index contributed by atoms with van der Waals surface area (Å²) in [6.07, 6.45) is 1.20. The predicted octanol–water partition coefficient (Wildman–Crippen LogP) is 5.10. The summed E-state index contributed by atoms with van der Waals surface area (Å²) in [6.45, 7) is 1.75. The SMILES string of the molecule is Cc1c(Cl)cccc1NC(=O)/C(C#N)=C/c1cc(Br)ccc1F. The molecule has 0 atom stereocenters. The summed E-state index contributed by atoms with van der Waals surface area (Å²) in [6, 6.07) is 11.1. The van der Waals surface area contributed by atoms with Crippen LogP contribution < -0.4 is 5.32 Å². The average Bonchev–Trinajstić information content (AvgIpc) is 2.52. The normalized spacial score (nSPS) is 11.0. The van der Waals surface area contributed by atoms with Crippen LogP contribution in [0.2, 0.25) is 5.02 Å². The van der Waals surface area contributed by atoms with Crippen LogP contribution in [0.1, 0.15) is 11.1 Å². The Hall–Kier alpha value is -2.16. The minimum Gasteiger partial charge on any atom is -0.321 e. The molecule has 1 N–H and O–H groups in total.